The van der Waals surface area contributed by atoms with E-state index >= 15 is 0 Å². The van der Waals surface area contributed by atoms with Crippen LogP contribution in [-0.2, 0) is 24.1 Å². The molecule has 1 aromatic heterocycles. The molecule has 1 atom stereocenters. The van der Waals surface area contributed by atoms with Crippen LogP contribution in [-0.4, -0.2) is 33.0 Å². The van der Waals surface area contributed by atoms with Gasteiger partial charge in [-0.2, -0.15) is 13.2 Å². The highest BCUT2D eigenvalue weighted by molar-refractivity contribution is 5.79. The molecule has 1 unspecified atom stereocenters. The predicted octanol–water partition coefficient (Wildman–Crippen LogP) is 6.08. The Morgan fingerprint density at radius 3 is 2.63 bits per heavy atom. The van der Waals surface area contributed by atoms with E-state index in [9.17, 15) is 23.1 Å². The highest BCUT2D eigenvalue weighted by Crippen LogP contribution is 2.35. The monoisotopic (exact) mass is 488 g/mol. The van der Waals surface area contributed by atoms with Gasteiger partial charge in [0.15, 0.2) is 0 Å². The molecule has 0 bridgehead atoms. The van der Waals surface area contributed by atoms with Gasteiger partial charge in [-0.1, -0.05) is 19.1 Å². The van der Waals surface area contributed by atoms with Gasteiger partial charge >= 0.3 is 12.1 Å². The number of rotatable bonds is 8. The van der Waals surface area contributed by atoms with Crippen LogP contribution in [0.2, 0.25) is 0 Å². The van der Waals surface area contributed by atoms with E-state index in [1.165, 1.54) is 12.1 Å². The number of halogens is 3. The summed E-state index contributed by atoms with van der Waals surface area (Å²) in [5.74, 6) is 0.567. The Bertz CT molecular complexity index is 1190. The van der Waals surface area contributed by atoms with Crippen molar-refractivity contribution in [2.75, 3.05) is 6.54 Å². The number of oxazole rings is 1. The molecule has 6 nitrogen and oxygen atoms in total. The van der Waals surface area contributed by atoms with Gasteiger partial charge in [0.25, 0.3) is 0 Å². The largest absolute Gasteiger partial charge is 0.487 e. The smallest absolute Gasteiger partial charge is 0.416 e. The van der Waals surface area contributed by atoms with Crippen LogP contribution in [0.1, 0.15) is 48.8 Å². The molecule has 1 N–H and O–H groups in total. The molecule has 0 amide bonds. The third-order valence-electron chi connectivity index (χ3n) is 6.61. The second-order valence-corrected chi connectivity index (χ2v) is 8.75. The lowest BCUT2D eigenvalue weighted by molar-refractivity contribution is -0.150. The third-order valence-corrected chi connectivity index (χ3v) is 6.61. The molecule has 0 radical (unpaired) electrons. The van der Waals surface area contributed by atoms with Crippen molar-refractivity contribution in [3.63, 3.8) is 0 Å². The molecule has 1 aliphatic heterocycles. The van der Waals surface area contributed by atoms with Crippen molar-refractivity contribution < 1.29 is 32.2 Å². The van der Waals surface area contributed by atoms with Crippen molar-refractivity contribution in [3.8, 4) is 17.2 Å². The lowest BCUT2D eigenvalue weighted by Crippen LogP contribution is -2.49. The fourth-order valence-electron chi connectivity index (χ4n) is 4.55. The molecular formula is C26H27F3N2O4. The average Bonchev–Trinajstić information content (AvgIpc) is 3.41. The molecule has 1 fully saturated rings. The summed E-state index contributed by atoms with van der Waals surface area (Å²) < 4.78 is 50.0. The number of benzene rings is 2. The minimum Gasteiger partial charge on any atom is -0.487 e. The first-order chi connectivity index (χ1) is 16.6. The Labute approximate surface area is 201 Å². The number of aliphatic carboxylic acids is 1. The first kappa shape index (κ1) is 24.8. The molecule has 0 saturated carbocycles. The molecule has 1 aliphatic rings. The van der Waals surface area contributed by atoms with Crippen LogP contribution in [0.4, 0.5) is 13.2 Å². The Hall–Kier alpha value is -3.33. The molecule has 3 aromatic rings. The van der Waals surface area contributed by atoms with Gasteiger partial charge in [-0.3, -0.25) is 9.69 Å². The predicted molar refractivity (Wildman–Crippen MR) is 123 cm³/mol. The van der Waals surface area contributed by atoms with Crippen LogP contribution in [0.15, 0.2) is 52.9 Å². The number of carbonyl (C=O) groups is 1. The number of aromatic nitrogens is 1. The number of hydrogen-bond acceptors (Lipinski definition) is 5. The molecule has 1 saturated heterocycles. The highest BCUT2D eigenvalue weighted by Gasteiger charge is 2.45. The molecule has 35 heavy (non-hydrogen) atoms. The molecular weight excluding hydrogens is 461 g/mol. The summed E-state index contributed by atoms with van der Waals surface area (Å²) in [6.07, 6.45) is -2.37. The second kappa shape index (κ2) is 9.73. The Morgan fingerprint density at radius 2 is 1.97 bits per heavy atom. The van der Waals surface area contributed by atoms with Gasteiger partial charge in [-0.05, 0) is 74.7 Å². The van der Waals surface area contributed by atoms with E-state index in [1.807, 2.05) is 36.1 Å². The maximum atomic E-state index is 12.8. The summed E-state index contributed by atoms with van der Waals surface area (Å²) in [7, 11) is 0. The second-order valence-electron chi connectivity index (χ2n) is 8.75. The van der Waals surface area contributed by atoms with Crippen molar-refractivity contribution in [2.45, 2.75) is 58.0 Å². The third kappa shape index (κ3) is 5.19. The highest BCUT2D eigenvalue weighted by atomic mass is 19.4. The van der Waals surface area contributed by atoms with Crippen LogP contribution in [0.3, 0.4) is 0 Å². The number of likely N-dealkylation sites (tertiary alicyclic amines) is 1. The summed E-state index contributed by atoms with van der Waals surface area (Å²) >= 11 is 0. The Morgan fingerprint density at radius 1 is 1.23 bits per heavy atom. The van der Waals surface area contributed by atoms with Crippen LogP contribution in [0.25, 0.3) is 11.5 Å². The van der Waals surface area contributed by atoms with Gasteiger partial charge in [-0.25, -0.2) is 4.98 Å². The Balaban J connectivity index is 1.43. The lowest BCUT2D eigenvalue weighted by atomic mass is 9.92. The van der Waals surface area contributed by atoms with Crippen molar-refractivity contribution in [2.24, 2.45) is 0 Å². The number of carboxylic acid groups (broad SMARTS) is 1. The van der Waals surface area contributed by atoms with Crippen LogP contribution >= 0.6 is 0 Å². The normalized spacial score (nSPS) is 18.7. The first-order valence-corrected chi connectivity index (χ1v) is 11.5. The van der Waals surface area contributed by atoms with Gasteiger partial charge in [0.1, 0.15) is 29.3 Å². The van der Waals surface area contributed by atoms with Crippen molar-refractivity contribution in [1.29, 1.82) is 0 Å². The van der Waals surface area contributed by atoms with E-state index in [0.717, 1.165) is 30.7 Å². The zero-order chi connectivity index (χ0) is 25.2. The Kier molecular flexibility index (Phi) is 6.89. The van der Waals surface area contributed by atoms with E-state index < -0.39 is 23.2 Å². The van der Waals surface area contributed by atoms with Crippen molar-refractivity contribution >= 4 is 5.97 Å². The van der Waals surface area contributed by atoms with Crippen molar-refractivity contribution in [3.05, 3.63) is 71.1 Å². The van der Waals surface area contributed by atoms with E-state index in [-0.39, 0.29) is 12.5 Å². The fourth-order valence-corrected chi connectivity index (χ4v) is 4.55. The topological polar surface area (TPSA) is 75.8 Å². The van der Waals surface area contributed by atoms with E-state index in [4.69, 9.17) is 9.15 Å². The van der Waals surface area contributed by atoms with Gasteiger partial charge in [0.2, 0.25) is 5.89 Å². The van der Waals surface area contributed by atoms with Crippen LogP contribution < -0.4 is 4.74 Å². The summed E-state index contributed by atoms with van der Waals surface area (Å²) in [6.45, 7) is 5.00. The van der Waals surface area contributed by atoms with Gasteiger partial charge < -0.3 is 14.3 Å². The number of alkyl halides is 3. The van der Waals surface area contributed by atoms with Gasteiger partial charge in [0.05, 0.1) is 5.56 Å². The number of ether oxygens (including phenoxy) is 1. The number of carboxylic acids is 1. The van der Waals surface area contributed by atoms with Gasteiger partial charge in [-0.15, -0.1) is 0 Å². The zero-order valence-corrected chi connectivity index (χ0v) is 19.6. The van der Waals surface area contributed by atoms with E-state index in [0.29, 0.717) is 42.2 Å². The van der Waals surface area contributed by atoms with Crippen LogP contribution in [0.5, 0.6) is 5.75 Å². The van der Waals surface area contributed by atoms with E-state index in [1.54, 1.807) is 6.92 Å². The summed E-state index contributed by atoms with van der Waals surface area (Å²) in [5, 5.41) is 9.80. The molecule has 9 heteroatoms. The molecule has 0 aliphatic carbocycles. The van der Waals surface area contributed by atoms with Crippen LogP contribution in [0, 0.1) is 6.92 Å². The fraction of sp³-hybridized carbons (Fsp3) is 0.385. The van der Waals surface area contributed by atoms with Crippen molar-refractivity contribution in [1.82, 2.24) is 9.88 Å². The lowest BCUT2D eigenvalue weighted by Gasteiger charge is -2.34. The molecule has 0 spiro atoms. The minimum atomic E-state index is -4.40. The minimum absolute atomic E-state index is 0.122. The maximum absolute atomic E-state index is 12.8. The SMILES string of the molecule is CCC1(C(=O)O)CCCN1Cc1cccc(OCc2nc(-c3ccc(C(F)(F)F)cc3)oc2C)c1. The first-order valence-electron chi connectivity index (χ1n) is 11.5. The zero-order valence-electron chi connectivity index (χ0n) is 19.6. The quantitative estimate of drug-likeness (QED) is 0.414. The molecule has 186 valence electrons. The summed E-state index contributed by atoms with van der Waals surface area (Å²) in [6, 6.07) is 12.1. The molecule has 4 rings (SSSR count). The number of nitrogens with zero attached hydrogens (tertiary/aromatic N) is 2. The maximum Gasteiger partial charge on any atom is 0.416 e. The van der Waals surface area contributed by atoms with E-state index in [2.05, 4.69) is 4.98 Å². The average molecular weight is 489 g/mol. The summed E-state index contributed by atoms with van der Waals surface area (Å²) in [4.78, 5) is 18.4. The molecule has 2 heterocycles. The molecule has 2 aromatic carbocycles. The standard InChI is InChI=1S/C26H27F3N2O4/c1-3-25(24(32)33)12-5-13-31(25)15-18-6-4-7-21(14-18)34-16-22-17(2)35-23(30-22)19-8-10-20(11-9-19)26(27,28)29/h4,6-11,14H,3,5,12-13,15-16H2,1-2H3,(H,32,33). The number of hydrogen-bond donors (Lipinski definition) is 1. The number of aryl methyl sites for hydroxylation is 1. The summed E-state index contributed by atoms with van der Waals surface area (Å²) in [5.41, 5.74) is 0.370. The van der Waals surface area contributed by atoms with Gasteiger partial charge in [0, 0.05) is 12.1 Å².